The molecular weight excluding hydrogens is 296 g/mol. The molecule has 4 heteroatoms. The van der Waals surface area contributed by atoms with Crippen molar-refractivity contribution in [2.75, 3.05) is 0 Å². The van der Waals surface area contributed by atoms with Gasteiger partial charge in [-0.1, -0.05) is 24.3 Å². The third-order valence-corrected chi connectivity index (χ3v) is 4.23. The molecule has 0 amide bonds. The van der Waals surface area contributed by atoms with E-state index in [0.29, 0.717) is 13.1 Å². The van der Waals surface area contributed by atoms with Gasteiger partial charge in [0.05, 0.1) is 0 Å². The first-order chi connectivity index (χ1) is 11.8. The molecule has 2 aromatic heterocycles. The number of hydrogen-bond acceptors (Lipinski definition) is 4. The van der Waals surface area contributed by atoms with E-state index >= 15 is 0 Å². The average molecular weight is 318 g/mol. The summed E-state index contributed by atoms with van der Waals surface area (Å²) in [5.41, 5.74) is 18.8. The number of nitrogens with two attached hydrogens (primary N) is 2. The number of benzene rings is 1. The van der Waals surface area contributed by atoms with Gasteiger partial charge in [0.25, 0.3) is 0 Å². The quantitative estimate of drug-likeness (QED) is 0.732. The molecule has 0 fully saturated rings. The topological polar surface area (TPSA) is 77.8 Å². The first-order valence-electron chi connectivity index (χ1n) is 8.14. The first kappa shape index (κ1) is 16.3. The summed E-state index contributed by atoms with van der Waals surface area (Å²) in [6.45, 7) is 0.983. The van der Waals surface area contributed by atoms with Crippen LogP contribution in [-0.2, 0) is 25.9 Å². The molecule has 2 heterocycles. The number of aromatic nitrogens is 2. The van der Waals surface area contributed by atoms with Crippen LogP contribution >= 0.6 is 0 Å². The van der Waals surface area contributed by atoms with Gasteiger partial charge in [0.2, 0.25) is 0 Å². The van der Waals surface area contributed by atoms with Gasteiger partial charge in [-0.15, -0.1) is 0 Å². The van der Waals surface area contributed by atoms with Crippen molar-refractivity contribution in [2.45, 2.75) is 25.9 Å². The molecule has 0 aliphatic heterocycles. The lowest BCUT2D eigenvalue weighted by molar-refractivity contribution is 0.916. The van der Waals surface area contributed by atoms with Gasteiger partial charge in [0.1, 0.15) is 0 Å². The van der Waals surface area contributed by atoms with Crippen molar-refractivity contribution >= 4 is 0 Å². The fraction of sp³-hybridized carbons (Fsp3) is 0.200. The van der Waals surface area contributed by atoms with Crippen LogP contribution in [0.4, 0.5) is 0 Å². The highest BCUT2D eigenvalue weighted by atomic mass is 14.7. The van der Waals surface area contributed by atoms with Gasteiger partial charge >= 0.3 is 0 Å². The zero-order valence-corrected chi connectivity index (χ0v) is 13.7. The van der Waals surface area contributed by atoms with Gasteiger partial charge < -0.3 is 11.5 Å². The highest BCUT2D eigenvalue weighted by molar-refractivity contribution is 5.44. The van der Waals surface area contributed by atoms with Crippen molar-refractivity contribution in [3.05, 3.63) is 94.6 Å². The normalized spacial score (nSPS) is 10.8. The second-order valence-electron chi connectivity index (χ2n) is 5.74. The fourth-order valence-electron chi connectivity index (χ4n) is 3.00. The summed E-state index contributed by atoms with van der Waals surface area (Å²) in [5, 5.41) is 0. The van der Waals surface area contributed by atoms with E-state index in [4.69, 9.17) is 11.5 Å². The Bertz CT molecular complexity index is 785. The first-order valence-corrected chi connectivity index (χ1v) is 8.14. The molecule has 0 saturated carbocycles. The van der Waals surface area contributed by atoms with E-state index in [1.54, 1.807) is 0 Å². The highest BCUT2D eigenvalue weighted by Crippen LogP contribution is 2.24. The average Bonchev–Trinajstić information content (AvgIpc) is 2.64. The standard InChI is InChI=1S/C20H22N4/c21-13-16-8-7-15(11-17-5-1-3-9-23-17)20(14-22)19(16)12-18-6-2-4-10-24-18/h1-10H,11-14,21-22H2. The number of nitrogens with zero attached hydrogens (tertiary/aromatic N) is 2. The summed E-state index contributed by atoms with van der Waals surface area (Å²) in [4.78, 5) is 8.87. The summed E-state index contributed by atoms with van der Waals surface area (Å²) in [6, 6.07) is 16.2. The van der Waals surface area contributed by atoms with Crippen LogP contribution < -0.4 is 11.5 Å². The Morgan fingerprint density at radius 1 is 0.625 bits per heavy atom. The van der Waals surface area contributed by atoms with Crippen LogP contribution in [0.1, 0.15) is 33.6 Å². The lowest BCUT2D eigenvalue weighted by Crippen LogP contribution is -2.13. The van der Waals surface area contributed by atoms with Crippen LogP contribution in [0.25, 0.3) is 0 Å². The van der Waals surface area contributed by atoms with Crippen LogP contribution in [0.15, 0.2) is 60.9 Å². The number of pyridine rings is 2. The molecule has 0 unspecified atom stereocenters. The van der Waals surface area contributed by atoms with Crippen molar-refractivity contribution in [2.24, 2.45) is 11.5 Å². The molecule has 4 N–H and O–H groups in total. The van der Waals surface area contributed by atoms with E-state index in [9.17, 15) is 0 Å². The van der Waals surface area contributed by atoms with Crippen molar-refractivity contribution < 1.29 is 0 Å². The molecule has 3 aromatic rings. The lowest BCUT2D eigenvalue weighted by atomic mass is 9.90. The maximum atomic E-state index is 6.10. The molecule has 122 valence electrons. The highest BCUT2D eigenvalue weighted by Gasteiger charge is 2.13. The van der Waals surface area contributed by atoms with E-state index in [0.717, 1.165) is 35.4 Å². The minimum atomic E-state index is 0.484. The Morgan fingerprint density at radius 2 is 1.25 bits per heavy atom. The predicted molar refractivity (Wildman–Crippen MR) is 96.3 cm³/mol. The van der Waals surface area contributed by atoms with E-state index in [1.807, 2.05) is 48.8 Å². The fourth-order valence-corrected chi connectivity index (χ4v) is 3.00. The van der Waals surface area contributed by atoms with E-state index < -0.39 is 0 Å². The summed E-state index contributed by atoms with van der Waals surface area (Å²) in [5.74, 6) is 0. The molecule has 0 saturated heterocycles. The zero-order chi connectivity index (χ0) is 16.8. The molecule has 0 spiro atoms. The molecule has 1 aromatic carbocycles. The molecule has 0 atom stereocenters. The van der Waals surface area contributed by atoms with Crippen LogP contribution in [0.5, 0.6) is 0 Å². The molecule has 3 rings (SSSR count). The third-order valence-electron chi connectivity index (χ3n) is 4.23. The summed E-state index contributed by atoms with van der Waals surface area (Å²) < 4.78 is 0. The summed E-state index contributed by atoms with van der Waals surface area (Å²) >= 11 is 0. The van der Waals surface area contributed by atoms with Gasteiger partial charge in [-0.05, 0) is 46.5 Å². The summed E-state index contributed by atoms with van der Waals surface area (Å²) in [7, 11) is 0. The van der Waals surface area contributed by atoms with Gasteiger partial charge in [0, 0.05) is 49.7 Å². The van der Waals surface area contributed by atoms with Crippen molar-refractivity contribution in [1.82, 2.24) is 9.97 Å². The SMILES string of the molecule is NCc1ccc(Cc2ccccn2)c(CN)c1Cc1ccccn1. The van der Waals surface area contributed by atoms with Gasteiger partial charge in [-0.2, -0.15) is 0 Å². The van der Waals surface area contributed by atoms with Gasteiger partial charge in [-0.25, -0.2) is 0 Å². The van der Waals surface area contributed by atoms with E-state index in [1.165, 1.54) is 11.1 Å². The smallest absolute Gasteiger partial charge is 0.0447 e. The Labute approximate surface area is 142 Å². The second kappa shape index (κ2) is 7.81. The van der Waals surface area contributed by atoms with Crippen molar-refractivity contribution in [3.8, 4) is 0 Å². The molecule has 0 aliphatic carbocycles. The lowest BCUT2D eigenvalue weighted by Gasteiger charge is -2.17. The third kappa shape index (κ3) is 3.67. The van der Waals surface area contributed by atoms with Crippen LogP contribution in [0, 0.1) is 0 Å². The maximum absolute atomic E-state index is 6.10. The molecule has 0 aliphatic rings. The minimum Gasteiger partial charge on any atom is -0.326 e. The molecule has 24 heavy (non-hydrogen) atoms. The Hall–Kier alpha value is -2.56. The molecular formula is C20H22N4. The minimum absolute atomic E-state index is 0.484. The van der Waals surface area contributed by atoms with E-state index in [2.05, 4.69) is 22.1 Å². The Kier molecular flexibility index (Phi) is 5.31. The monoisotopic (exact) mass is 318 g/mol. The van der Waals surface area contributed by atoms with Gasteiger partial charge in [0.15, 0.2) is 0 Å². The Balaban J connectivity index is 2.00. The number of hydrogen-bond donors (Lipinski definition) is 2. The molecule has 0 bridgehead atoms. The van der Waals surface area contributed by atoms with Crippen molar-refractivity contribution in [1.29, 1.82) is 0 Å². The van der Waals surface area contributed by atoms with Crippen molar-refractivity contribution in [3.63, 3.8) is 0 Å². The maximum Gasteiger partial charge on any atom is 0.0447 e. The van der Waals surface area contributed by atoms with Crippen LogP contribution in [0.2, 0.25) is 0 Å². The molecule has 4 nitrogen and oxygen atoms in total. The Morgan fingerprint density at radius 3 is 1.79 bits per heavy atom. The summed E-state index contributed by atoms with van der Waals surface area (Å²) in [6.07, 6.45) is 5.15. The van der Waals surface area contributed by atoms with E-state index in [-0.39, 0.29) is 0 Å². The second-order valence-corrected chi connectivity index (χ2v) is 5.74. The van der Waals surface area contributed by atoms with Gasteiger partial charge in [-0.3, -0.25) is 9.97 Å². The zero-order valence-electron chi connectivity index (χ0n) is 13.7. The van der Waals surface area contributed by atoms with Crippen LogP contribution in [0.3, 0.4) is 0 Å². The largest absolute Gasteiger partial charge is 0.326 e. The number of rotatable bonds is 6. The van der Waals surface area contributed by atoms with Crippen LogP contribution in [-0.4, -0.2) is 9.97 Å². The molecule has 0 radical (unpaired) electrons. The predicted octanol–water partition coefficient (Wildman–Crippen LogP) is 2.58.